The third kappa shape index (κ3) is 2.66. The summed E-state index contributed by atoms with van der Waals surface area (Å²) in [5.74, 6) is 0.316. The van der Waals surface area contributed by atoms with Crippen LogP contribution < -0.4 is 4.90 Å². The maximum absolute atomic E-state index is 12.7. The van der Waals surface area contributed by atoms with E-state index >= 15 is 0 Å². The lowest BCUT2D eigenvalue weighted by atomic mass is 10.3. The fourth-order valence-corrected chi connectivity index (χ4v) is 3.81. The molecule has 3 heterocycles. The highest BCUT2D eigenvalue weighted by Gasteiger charge is 2.20. The van der Waals surface area contributed by atoms with Gasteiger partial charge in [-0.15, -0.1) is 11.3 Å². The first-order valence-corrected chi connectivity index (χ1v) is 8.78. The second kappa shape index (κ2) is 6.06. The molecule has 0 saturated heterocycles. The number of fused-ring (bicyclic) bond motifs is 1. The number of hydrogen-bond acceptors (Lipinski definition) is 7. The Bertz CT molecular complexity index is 978. The van der Waals surface area contributed by atoms with Crippen molar-refractivity contribution in [2.45, 2.75) is 0 Å². The van der Waals surface area contributed by atoms with E-state index < -0.39 is 0 Å². The Kier molecular flexibility index (Phi) is 3.75. The fraction of sp³-hybridized carbons (Fsp3) is 0.0625. The Morgan fingerprint density at radius 2 is 1.88 bits per heavy atom. The number of thiazole rings is 2. The zero-order valence-corrected chi connectivity index (χ0v) is 14.2. The van der Waals surface area contributed by atoms with E-state index in [1.165, 1.54) is 27.6 Å². The van der Waals surface area contributed by atoms with Gasteiger partial charge in [-0.2, -0.15) is 0 Å². The first-order valence-electron chi connectivity index (χ1n) is 7.09. The number of anilines is 1. The lowest BCUT2D eigenvalue weighted by Crippen LogP contribution is -2.26. The number of nitrogens with zero attached hydrogens (tertiary/aromatic N) is 5. The first kappa shape index (κ1) is 14.9. The molecule has 0 spiro atoms. The normalized spacial score (nSPS) is 10.9. The zero-order chi connectivity index (χ0) is 16.5. The summed E-state index contributed by atoms with van der Waals surface area (Å²) >= 11 is 2.82. The lowest BCUT2D eigenvalue weighted by molar-refractivity contribution is 0.0989. The summed E-state index contributed by atoms with van der Waals surface area (Å²) in [6.07, 6.45) is 3.30. The number of carbonyl (C=O) groups excluding carboxylic acids is 1. The standard InChI is InChI=1S/C16H11N5OS2/c1-21(16-20-10-5-2-3-6-12(10)24-16)15(22)11-9-23-14(19-11)13-17-7-4-8-18-13/h2-9H,1H3. The molecule has 0 N–H and O–H groups in total. The molecular formula is C16H11N5OS2. The molecule has 0 aliphatic heterocycles. The molecule has 0 fully saturated rings. The van der Waals surface area contributed by atoms with Crippen molar-refractivity contribution in [2.75, 3.05) is 11.9 Å². The number of hydrogen-bond donors (Lipinski definition) is 0. The summed E-state index contributed by atoms with van der Waals surface area (Å²) < 4.78 is 1.05. The summed E-state index contributed by atoms with van der Waals surface area (Å²) in [6, 6.07) is 9.55. The maximum Gasteiger partial charge on any atom is 0.279 e. The van der Waals surface area contributed by atoms with Gasteiger partial charge in [0.1, 0.15) is 5.69 Å². The third-order valence-corrected chi connectivity index (χ3v) is 5.31. The molecule has 0 aliphatic carbocycles. The highest BCUT2D eigenvalue weighted by molar-refractivity contribution is 7.22. The van der Waals surface area contributed by atoms with E-state index in [1.807, 2.05) is 24.3 Å². The SMILES string of the molecule is CN(C(=O)c1csc(-c2ncccn2)n1)c1nc2ccccc2s1. The van der Waals surface area contributed by atoms with Crippen molar-refractivity contribution >= 4 is 43.9 Å². The number of rotatable bonds is 3. The van der Waals surface area contributed by atoms with Crippen molar-refractivity contribution in [1.29, 1.82) is 0 Å². The van der Waals surface area contributed by atoms with Crippen molar-refractivity contribution < 1.29 is 4.79 Å². The van der Waals surface area contributed by atoms with Crippen LogP contribution in [0.3, 0.4) is 0 Å². The third-order valence-electron chi connectivity index (χ3n) is 3.35. The van der Waals surface area contributed by atoms with Crippen LogP contribution in [0.2, 0.25) is 0 Å². The predicted molar refractivity (Wildman–Crippen MR) is 95.5 cm³/mol. The van der Waals surface area contributed by atoms with Crippen LogP contribution in [0.5, 0.6) is 0 Å². The Hall–Kier alpha value is -2.71. The van der Waals surface area contributed by atoms with Crippen molar-refractivity contribution in [3.63, 3.8) is 0 Å². The summed E-state index contributed by atoms with van der Waals surface area (Å²) in [5.41, 5.74) is 1.25. The molecule has 0 unspecified atom stereocenters. The average Bonchev–Trinajstić information content (AvgIpc) is 3.28. The maximum atomic E-state index is 12.7. The van der Waals surface area contributed by atoms with Gasteiger partial charge in [0, 0.05) is 24.8 Å². The molecule has 24 heavy (non-hydrogen) atoms. The Labute approximate surface area is 145 Å². The van der Waals surface area contributed by atoms with Crippen LogP contribution in [0.25, 0.3) is 21.0 Å². The monoisotopic (exact) mass is 353 g/mol. The van der Waals surface area contributed by atoms with E-state index in [4.69, 9.17) is 0 Å². The number of aromatic nitrogens is 4. The minimum Gasteiger partial charge on any atom is -0.286 e. The van der Waals surface area contributed by atoms with Gasteiger partial charge in [-0.25, -0.2) is 19.9 Å². The van der Waals surface area contributed by atoms with Gasteiger partial charge in [-0.05, 0) is 18.2 Å². The minimum atomic E-state index is -0.201. The van der Waals surface area contributed by atoms with Crippen molar-refractivity contribution in [1.82, 2.24) is 19.9 Å². The second-order valence-corrected chi connectivity index (χ2v) is 6.81. The van der Waals surface area contributed by atoms with E-state index in [2.05, 4.69) is 19.9 Å². The molecule has 4 rings (SSSR count). The van der Waals surface area contributed by atoms with Gasteiger partial charge < -0.3 is 0 Å². The Morgan fingerprint density at radius 1 is 1.08 bits per heavy atom. The molecule has 118 valence electrons. The van der Waals surface area contributed by atoms with Crippen LogP contribution >= 0.6 is 22.7 Å². The molecule has 1 amide bonds. The van der Waals surface area contributed by atoms with Crippen LogP contribution in [0.4, 0.5) is 5.13 Å². The molecule has 8 heteroatoms. The highest BCUT2D eigenvalue weighted by atomic mass is 32.1. The van der Waals surface area contributed by atoms with Gasteiger partial charge in [0.25, 0.3) is 5.91 Å². The number of amides is 1. The molecule has 0 radical (unpaired) electrons. The topological polar surface area (TPSA) is 71.9 Å². The largest absolute Gasteiger partial charge is 0.286 e. The molecule has 0 aliphatic rings. The lowest BCUT2D eigenvalue weighted by Gasteiger charge is -2.11. The van der Waals surface area contributed by atoms with Crippen molar-refractivity contribution in [3.05, 3.63) is 53.8 Å². The highest BCUT2D eigenvalue weighted by Crippen LogP contribution is 2.29. The molecule has 0 atom stereocenters. The van der Waals surface area contributed by atoms with Gasteiger partial charge in [0.15, 0.2) is 16.0 Å². The van der Waals surface area contributed by atoms with Gasteiger partial charge in [-0.1, -0.05) is 23.5 Å². The van der Waals surface area contributed by atoms with Gasteiger partial charge in [0.2, 0.25) is 0 Å². The molecule has 4 aromatic rings. The molecule has 6 nitrogen and oxygen atoms in total. The van der Waals surface area contributed by atoms with Gasteiger partial charge in [0.05, 0.1) is 10.2 Å². The fourth-order valence-electron chi connectivity index (χ4n) is 2.15. The van der Waals surface area contributed by atoms with Crippen LogP contribution in [-0.2, 0) is 0 Å². The van der Waals surface area contributed by atoms with E-state index in [0.717, 1.165) is 10.2 Å². The Morgan fingerprint density at radius 3 is 2.67 bits per heavy atom. The summed E-state index contributed by atoms with van der Waals surface area (Å²) in [6.45, 7) is 0. The predicted octanol–water partition coefficient (Wildman–Crippen LogP) is 3.49. The summed E-state index contributed by atoms with van der Waals surface area (Å²) in [7, 11) is 1.71. The minimum absolute atomic E-state index is 0.201. The summed E-state index contributed by atoms with van der Waals surface area (Å²) in [5, 5.41) is 2.99. The van der Waals surface area contributed by atoms with Crippen LogP contribution in [0, 0.1) is 0 Å². The average molecular weight is 353 g/mol. The number of benzene rings is 1. The van der Waals surface area contributed by atoms with Crippen LogP contribution in [0.15, 0.2) is 48.1 Å². The smallest absolute Gasteiger partial charge is 0.279 e. The number of para-hydroxylation sites is 1. The van der Waals surface area contributed by atoms with Crippen molar-refractivity contribution in [2.24, 2.45) is 0 Å². The molecular weight excluding hydrogens is 342 g/mol. The quantitative estimate of drug-likeness (QED) is 0.564. The van der Waals surface area contributed by atoms with Crippen molar-refractivity contribution in [3.8, 4) is 10.8 Å². The Balaban J connectivity index is 1.62. The molecule has 1 aromatic carbocycles. The van der Waals surface area contributed by atoms with E-state index in [9.17, 15) is 4.79 Å². The van der Waals surface area contributed by atoms with Crippen LogP contribution in [-0.4, -0.2) is 32.9 Å². The zero-order valence-electron chi connectivity index (χ0n) is 12.6. The second-order valence-electron chi connectivity index (χ2n) is 4.94. The van der Waals surface area contributed by atoms with E-state index in [-0.39, 0.29) is 5.91 Å². The summed E-state index contributed by atoms with van der Waals surface area (Å²) in [4.78, 5) is 31.4. The van der Waals surface area contributed by atoms with Gasteiger partial charge >= 0.3 is 0 Å². The molecule has 0 bridgehead atoms. The number of carbonyl (C=O) groups is 1. The van der Waals surface area contributed by atoms with Gasteiger partial charge in [-0.3, -0.25) is 9.69 Å². The first-order chi connectivity index (χ1) is 11.7. The molecule has 0 saturated carbocycles. The molecule has 3 aromatic heterocycles. The van der Waals surface area contributed by atoms with Crippen LogP contribution in [0.1, 0.15) is 10.5 Å². The van der Waals surface area contributed by atoms with E-state index in [0.29, 0.717) is 21.7 Å². The van der Waals surface area contributed by atoms with E-state index in [1.54, 1.807) is 30.9 Å².